The molecule has 0 radical (unpaired) electrons. The Morgan fingerprint density at radius 1 is 1.29 bits per heavy atom. The Labute approximate surface area is 123 Å². The van der Waals surface area contributed by atoms with E-state index in [0.29, 0.717) is 24.6 Å². The minimum absolute atomic E-state index is 0.0481. The SMILES string of the molecule is CC(C)CNC(=O)CCNC(=O)c1ccc2nc[nH]c2c1. The molecule has 0 spiro atoms. The first-order chi connectivity index (χ1) is 10.1. The summed E-state index contributed by atoms with van der Waals surface area (Å²) in [5.74, 6) is 0.181. The number of carbonyl (C=O) groups is 2. The van der Waals surface area contributed by atoms with Crippen LogP contribution in [-0.4, -0.2) is 34.9 Å². The quantitative estimate of drug-likeness (QED) is 0.752. The van der Waals surface area contributed by atoms with Gasteiger partial charge in [0, 0.05) is 25.1 Å². The van der Waals surface area contributed by atoms with Crippen LogP contribution in [-0.2, 0) is 4.79 Å². The van der Waals surface area contributed by atoms with Crippen molar-refractivity contribution in [3.05, 3.63) is 30.1 Å². The van der Waals surface area contributed by atoms with E-state index in [4.69, 9.17) is 0 Å². The molecule has 0 aliphatic heterocycles. The van der Waals surface area contributed by atoms with Gasteiger partial charge in [0.25, 0.3) is 5.91 Å². The van der Waals surface area contributed by atoms with Gasteiger partial charge in [-0.15, -0.1) is 0 Å². The number of imidazole rings is 1. The molecule has 1 aromatic carbocycles. The lowest BCUT2D eigenvalue weighted by molar-refractivity contribution is -0.121. The van der Waals surface area contributed by atoms with Crippen LogP contribution in [0.25, 0.3) is 11.0 Å². The van der Waals surface area contributed by atoms with Gasteiger partial charge in [0.1, 0.15) is 0 Å². The highest BCUT2D eigenvalue weighted by Crippen LogP contribution is 2.11. The average molecular weight is 288 g/mol. The molecular formula is C15H20N4O2. The van der Waals surface area contributed by atoms with Crippen LogP contribution in [0.3, 0.4) is 0 Å². The molecule has 1 heterocycles. The number of aromatic amines is 1. The van der Waals surface area contributed by atoms with Crippen molar-refractivity contribution in [3.8, 4) is 0 Å². The van der Waals surface area contributed by atoms with E-state index in [-0.39, 0.29) is 18.2 Å². The number of carbonyl (C=O) groups excluding carboxylic acids is 2. The predicted octanol–water partition coefficient (Wildman–Crippen LogP) is 1.45. The van der Waals surface area contributed by atoms with Crippen LogP contribution in [0.2, 0.25) is 0 Å². The molecular weight excluding hydrogens is 268 g/mol. The van der Waals surface area contributed by atoms with Gasteiger partial charge in [-0.3, -0.25) is 9.59 Å². The Morgan fingerprint density at radius 2 is 2.10 bits per heavy atom. The van der Waals surface area contributed by atoms with Gasteiger partial charge in [0.15, 0.2) is 0 Å². The molecule has 1 aromatic heterocycles. The standard InChI is InChI=1S/C15H20N4O2/c1-10(2)8-17-14(20)5-6-16-15(21)11-3-4-12-13(7-11)19-9-18-12/h3-4,7,9-10H,5-6,8H2,1-2H3,(H,16,21)(H,17,20)(H,18,19). The van der Waals surface area contributed by atoms with Gasteiger partial charge in [0.05, 0.1) is 17.4 Å². The van der Waals surface area contributed by atoms with Gasteiger partial charge in [-0.2, -0.15) is 0 Å². The third-order valence-corrected chi connectivity index (χ3v) is 3.03. The number of benzene rings is 1. The molecule has 0 bridgehead atoms. The van der Waals surface area contributed by atoms with Gasteiger partial charge in [-0.1, -0.05) is 13.8 Å². The van der Waals surface area contributed by atoms with Crippen molar-refractivity contribution in [1.29, 1.82) is 0 Å². The number of H-pyrrole nitrogens is 1. The van der Waals surface area contributed by atoms with Crippen LogP contribution < -0.4 is 10.6 Å². The lowest BCUT2D eigenvalue weighted by Crippen LogP contribution is -2.32. The van der Waals surface area contributed by atoms with E-state index in [2.05, 4.69) is 20.6 Å². The molecule has 0 aliphatic rings. The van der Waals surface area contributed by atoms with Gasteiger partial charge >= 0.3 is 0 Å². The van der Waals surface area contributed by atoms with Crippen molar-refractivity contribution in [2.75, 3.05) is 13.1 Å². The summed E-state index contributed by atoms with van der Waals surface area (Å²) in [4.78, 5) is 30.6. The number of hydrogen-bond donors (Lipinski definition) is 3. The molecule has 0 fully saturated rings. The van der Waals surface area contributed by atoms with Gasteiger partial charge < -0.3 is 15.6 Å². The van der Waals surface area contributed by atoms with E-state index in [0.717, 1.165) is 11.0 Å². The molecule has 6 heteroatoms. The molecule has 6 nitrogen and oxygen atoms in total. The molecule has 112 valence electrons. The maximum atomic E-state index is 12.0. The maximum Gasteiger partial charge on any atom is 0.251 e. The zero-order chi connectivity index (χ0) is 15.2. The summed E-state index contributed by atoms with van der Waals surface area (Å²) in [6, 6.07) is 5.25. The summed E-state index contributed by atoms with van der Waals surface area (Å²) >= 11 is 0. The fraction of sp³-hybridized carbons (Fsp3) is 0.400. The second-order valence-electron chi connectivity index (χ2n) is 5.34. The van der Waals surface area contributed by atoms with Crippen LogP contribution in [0.4, 0.5) is 0 Å². The van der Waals surface area contributed by atoms with E-state index in [1.165, 1.54) is 0 Å². The molecule has 0 atom stereocenters. The zero-order valence-corrected chi connectivity index (χ0v) is 12.3. The van der Waals surface area contributed by atoms with Crippen LogP contribution >= 0.6 is 0 Å². The summed E-state index contributed by atoms with van der Waals surface area (Å²) in [6.45, 7) is 5.05. The number of amides is 2. The number of rotatable bonds is 6. The molecule has 2 amide bonds. The fourth-order valence-electron chi connectivity index (χ4n) is 1.87. The Bertz CT molecular complexity index is 633. The van der Waals surface area contributed by atoms with Crippen LogP contribution in [0, 0.1) is 5.92 Å². The lowest BCUT2D eigenvalue weighted by Gasteiger charge is -2.08. The minimum Gasteiger partial charge on any atom is -0.356 e. The number of aromatic nitrogens is 2. The van der Waals surface area contributed by atoms with E-state index in [1.54, 1.807) is 24.5 Å². The highest BCUT2D eigenvalue weighted by atomic mass is 16.2. The minimum atomic E-state index is -0.192. The van der Waals surface area contributed by atoms with Gasteiger partial charge in [0.2, 0.25) is 5.91 Å². The highest BCUT2D eigenvalue weighted by Gasteiger charge is 2.08. The van der Waals surface area contributed by atoms with Crippen molar-refractivity contribution in [2.45, 2.75) is 20.3 Å². The maximum absolute atomic E-state index is 12.0. The normalized spacial score (nSPS) is 10.8. The molecule has 0 saturated carbocycles. The summed E-state index contributed by atoms with van der Waals surface area (Å²) < 4.78 is 0. The molecule has 0 aliphatic carbocycles. The first-order valence-corrected chi connectivity index (χ1v) is 7.04. The van der Waals surface area contributed by atoms with Gasteiger partial charge in [-0.25, -0.2) is 4.98 Å². The second-order valence-corrected chi connectivity index (χ2v) is 5.34. The molecule has 0 saturated heterocycles. The Morgan fingerprint density at radius 3 is 2.86 bits per heavy atom. The summed E-state index contributed by atoms with van der Waals surface area (Å²) in [5, 5.41) is 5.55. The number of nitrogens with zero attached hydrogens (tertiary/aromatic N) is 1. The summed E-state index contributed by atoms with van der Waals surface area (Å²) in [7, 11) is 0. The largest absolute Gasteiger partial charge is 0.356 e. The third kappa shape index (κ3) is 4.30. The van der Waals surface area contributed by atoms with Crippen molar-refractivity contribution < 1.29 is 9.59 Å². The van der Waals surface area contributed by atoms with E-state index >= 15 is 0 Å². The van der Waals surface area contributed by atoms with Crippen LogP contribution in [0.5, 0.6) is 0 Å². The second kappa shape index (κ2) is 6.88. The molecule has 0 unspecified atom stereocenters. The average Bonchev–Trinajstić information content (AvgIpc) is 2.92. The monoisotopic (exact) mass is 288 g/mol. The summed E-state index contributed by atoms with van der Waals surface area (Å²) in [6.07, 6.45) is 1.87. The van der Waals surface area contributed by atoms with E-state index < -0.39 is 0 Å². The van der Waals surface area contributed by atoms with Crippen molar-refractivity contribution >= 4 is 22.8 Å². The van der Waals surface area contributed by atoms with Crippen LogP contribution in [0.1, 0.15) is 30.6 Å². The third-order valence-electron chi connectivity index (χ3n) is 3.03. The lowest BCUT2D eigenvalue weighted by atomic mass is 10.2. The van der Waals surface area contributed by atoms with Gasteiger partial charge in [-0.05, 0) is 24.1 Å². The fourth-order valence-corrected chi connectivity index (χ4v) is 1.87. The van der Waals surface area contributed by atoms with Crippen molar-refractivity contribution in [3.63, 3.8) is 0 Å². The smallest absolute Gasteiger partial charge is 0.251 e. The first-order valence-electron chi connectivity index (χ1n) is 7.04. The van der Waals surface area contributed by atoms with Crippen molar-refractivity contribution in [1.82, 2.24) is 20.6 Å². The van der Waals surface area contributed by atoms with Crippen molar-refractivity contribution in [2.24, 2.45) is 5.92 Å². The predicted molar refractivity (Wildman–Crippen MR) is 80.9 cm³/mol. The molecule has 21 heavy (non-hydrogen) atoms. The zero-order valence-electron chi connectivity index (χ0n) is 12.3. The Balaban J connectivity index is 1.80. The first kappa shape index (κ1) is 15.0. The highest BCUT2D eigenvalue weighted by molar-refractivity contribution is 5.97. The number of nitrogens with one attached hydrogen (secondary N) is 3. The topological polar surface area (TPSA) is 86.9 Å². The molecule has 2 rings (SSSR count). The van der Waals surface area contributed by atoms with E-state index in [1.807, 2.05) is 13.8 Å². The molecule has 2 aromatic rings. The number of hydrogen-bond acceptors (Lipinski definition) is 3. The van der Waals surface area contributed by atoms with Crippen LogP contribution in [0.15, 0.2) is 24.5 Å². The summed E-state index contributed by atoms with van der Waals surface area (Å²) in [5.41, 5.74) is 2.19. The molecule has 3 N–H and O–H groups in total. The Hall–Kier alpha value is -2.37. The Kier molecular flexibility index (Phi) is 4.92. The number of fused-ring (bicyclic) bond motifs is 1. The van der Waals surface area contributed by atoms with E-state index in [9.17, 15) is 9.59 Å².